The Morgan fingerprint density at radius 1 is 1.18 bits per heavy atom. The minimum atomic E-state index is -0.113. The van der Waals surface area contributed by atoms with Crippen molar-refractivity contribution in [2.24, 2.45) is 5.92 Å². The smallest absolute Gasteiger partial charge is 0.319 e. The Kier molecular flexibility index (Phi) is 5.29. The molecule has 120 valence electrons. The Morgan fingerprint density at radius 3 is 2.64 bits per heavy atom. The van der Waals surface area contributed by atoms with Gasteiger partial charge in [0, 0.05) is 24.9 Å². The van der Waals surface area contributed by atoms with E-state index in [2.05, 4.69) is 15.5 Å². The van der Waals surface area contributed by atoms with Crippen LogP contribution in [0, 0.1) is 5.92 Å². The van der Waals surface area contributed by atoms with Crippen LogP contribution in [0.2, 0.25) is 0 Å². The Balaban J connectivity index is 1.35. The van der Waals surface area contributed by atoms with Crippen molar-refractivity contribution >= 4 is 11.7 Å². The van der Waals surface area contributed by atoms with Gasteiger partial charge in [-0.15, -0.1) is 0 Å². The number of para-hydroxylation sites is 1. The highest BCUT2D eigenvalue weighted by Crippen LogP contribution is 2.21. The monoisotopic (exact) mass is 303 g/mol. The van der Waals surface area contributed by atoms with Crippen molar-refractivity contribution < 1.29 is 9.53 Å². The number of rotatable bonds is 4. The second-order valence-corrected chi connectivity index (χ2v) is 6.20. The average Bonchev–Trinajstić information content (AvgIpc) is 3.09. The molecule has 0 aliphatic carbocycles. The fourth-order valence-corrected chi connectivity index (χ4v) is 3.27. The van der Waals surface area contributed by atoms with Crippen molar-refractivity contribution in [3.8, 4) is 0 Å². The number of nitrogens with zero attached hydrogens (tertiary/aromatic N) is 1. The van der Waals surface area contributed by atoms with Gasteiger partial charge in [-0.2, -0.15) is 0 Å². The summed E-state index contributed by atoms with van der Waals surface area (Å²) in [5.74, 6) is 0.583. The number of nitrogens with one attached hydrogen (secondary N) is 2. The van der Waals surface area contributed by atoms with Crippen LogP contribution in [0.25, 0.3) is 0 Å². The van der Waals surface area contributed by atoms with Crippen LogP contribution in [-0.4, -0.2) is 49.8 Å². The fourth-order valence-electron chi connectivity index (χ4n) is 3.27. The zero-order valence-electron chi connectivity index (χ0n) is 13.0. The van der Waals surface area contributed by atoms with E-state index in [1.54, 1.807) is 0 Å². The van der Waals surface area contributed by atoms with Crippen molar-refractivity contribution in [1.29, 1.82) is 0 Å². The lowest BCUT2D eigenvalue weighted by Gasteiger charge is -2.35. The third-order valence-corrected chi connectivity index (χ3v) is 4.65. The molecule has 22 heavy (non-hydrogen) atoms. The minimum Gasteiger partial charge on any atom is -0.380 e. The molecule has 2 heterocycles. The van der Waals surface area contributed by atoms with E-state index < -0.39 is 0 Å². The third kappa shape index (κ3) is 4.21. The predicted molar refractivity (Wildman–Crippen MR) is 87.0 cm³/mol. The molecule has 1 aromatic rings. The average molecular weight is 303 g/mol. The molecule has 5 nitrogen and oxygen atoms in total. The first kappa shape index (κ1) is 15.3. The Bertz CT molecular complexity index is 466. The first-order valence-electron chi connectivity index (χ1n) is 8.23. The van der Waals surface area contributed by atoms with Crippen molar-refractivity contribution in [1.82, 2.24) is 10.2 Å². The molecular weight excluding hydrogens is 278 g/mol. The number of hydrogen-bond acceptors (Lipinski definition) is 3. The first-order chi connectivity index (χ1) is 10.8. The van der Waals surface area contributed by atoms with Crippen LogP contribution in [0.1, 0.15) is 19.3 Å². The molecule has 0 spiro atoms. The second kappa shape index (κ2) is 7.61. The van der Waals surface area contributed by atoms with Gasteiger partial charge < -0.3 is 15.4 Å². The highest BCUT2D eigenvalue weighted by molar-refractivity contribution is 5.89. The maximum Gasteiger partial charge on any atom is 0.319 e. The topological polar surface area (TPSA) is 53.6 Å². The molecule has 2 saturated heterocycles. The summed E-state index contributed by atoms with van der Waals surface area (Å²) in [7, 11) is 0. The Hall–Kier alpha value is -1.59. The maximum absolute atomic E-state index is 11.9. The number of likely N-dealkylation sites (tertiary alicyclic amines) is 1. The van der Waals surface area contributed by atoms with Gasteiger partial charge in [0.1, 0.15) is 0 Å². The molecule has 3 rings (SSSR count). The minimum absolute atomic E-state index is 0.113. The van der Waals surface area contributed by atoms with Crippen LogP contribution in [-0.2, 0) is 4.74 Å². The number of carbonyl (C=O) groups is 1. The number of hydrogen-bond donors (Lipinski definition) is 2. The number of urea groups is 1. The third-order valence-electron chi connectivity index (χ3n) is 4.65. The number of anilines is 1. The Labute approximate surface area is 132 Å². The van der Waals surface area contributed by atoms with Crippen molar-refractivity contribution in [2.75, 3.05) is 38.2 Å². The molecule has 0 radical (unpaired) electrons. The zero-order chi connectivity index (χ0) is 15.2. The molecule has 2 aliphatic rings. The molecule has 5 heteroatoms. The Morgan fingerprint density at radius 2 is 1.95 bits per heavy atom. The van der Waals surface area contributed by atoms with Gasteiger partial charge in [-0.3, -0.25) is 4.90 Å². The SMILES string of the molecule is O=C(NCC1CCN(C2CCOC2)CC1)Nc1ccccc1. The van der Waals surface area contributed by atoms with Crippen LogP contribution in [0.15, 0.2) is 30.3 Å². The zero-order valence-corrected chi connectivity index (χ0v) is 13.0. The quantitative estimate of drug-likeness (QED) is 0.897. The van der Waals surface area contributed by atoms with Crippen molar-refractivity contribution in [3.63, 3.8) is 0 Å². The standard InChI is InChI=1S/C17H25N3O2/c21-17(19-15-4-2-1-3-5-15)18-12-14-6-9-20(10-7-14)16-8-11-22-13-16/h1-5,14,16H,6-13H2,(H2,18,19,21). The van der Waals surface area contributed by atoms with E-state index in [0.717, 1.165) is 51.4 Å². The van der Waals surface area contributed by atoms with Crippen molar-refractivity contribution in [2.45, 2.75) is 25.3 Å². The van der Waals surface area contributed by atoms with E-state index in [1.807, 2.05) is 30.3 Å². The summed E-state index contributed by atoms with van der Waals surface area (Å²) in [5, 5.41) is 5.85. The van der Waals surface area contributed by atoms with Crippen LogP contribution in [0.3, 0.4) is 0 Å². The van der Waals surface area contributed by atoms with Gasteiger partial charge in [-0.1, -0.05) is 18.2 Å². The van der Waals surface area contributed by atoms with Gasteiger partial charge in [0.05, 0.1) is 6.61 Å². The molecule has 0 aromatic heterocycles. The van der Waals surface area contributed by atoms with Gasteiger partial charge >= 0.3 is 6.03 Å². The number of piperidine rings is 1. The summed E-state index contributed by atoms with van der Waals surface area (Å²) in [4.78, 5) is 14.4. The highest BCUT2D eigenvalue weighted by Gasteiger charge is 2.27. The first-order valence-corrected chi connectivity index (χ1v) is 8.23. The summed E-state index contributed by atoms with van der Waals surface area (Å²) in [6, 6.07) is 10.1. The van der Waals surface area contributed by atoms with Crippen LogP contribution < -0.4 is 10.6 Å². The van der Waals surface area contributed by atoms with Gasteiger partial charge in [0.15, 0.2) is 0 Å². The molecule has 2 N–H and O–H groups in total. The van der Waals surface area contributed by atoms with E-state index in [-0.39, 0.29) is 6.03 Å². The molecule has 0 saturated carbocycles. The van der Waals surface area contributed by atoms with Crippen LogP contribution >= 0.6 is 0 Å². The predicted octanol–water partition coefficient (Wildman–Crippen LogP) is 2.31. The lowest BCUT2D eigenvalue weighted by Crippen LogP contribution is -2.44. The van der Waals surface area contributed by atoms with Gasteiger partial charge in [0.2, 0.25) is 0 Å². The summed E-state index contributed by atoms with van der Waals surface area (Å²) in [5.41, 5.74) is 0.830. The number of ether oxygens (including phenoxy) is 1. The lowest BCUT2D eigenvalue weighted by molar-refractivity contribution is 0.110. The second-order valence-electron chi connectivity index (χ2n) is 6.20. The van der Waals surface area contributed by atoms with Crippen LogP contribution in [0.5, 0.6) is 0 Å². The van der Waals surface area contributed by atoms with E-state index in [9.17, 15) is 4.79 Å². The van der Waals surface area contributed by atoms with Crippen molar-refractivity contribution in [3.05, 3.63) is 30.3 Å². The van der Waals surface area contributed by atoms with Gasteiger partial charge in [-0.25, -0.2) is 4.79 Å². The number of amides is 2. The summed E-state index contributed by atoms with van der Waals surface area (Å²) in [6.07, 6.45) is 3.48. The fraction of sp³-hybridized carbons (Fsp3) is 0.588. The van der Waals surface area contributed by atoms with Crippen LogP contribution in [0.4, 0.5) is 10.5 Å². The highest BCUT2D eigenvalue weighted by atomic mass is 16.5. The summed E-state index contributed by atoms with van der Waals surface area (Å²) >= 11 is 0. The molecule has 2 fully saturated rings. The molecule has 2 aliphatic heterocycles. The summed E-state index contributed by atoms with van der Waals surface area (Å²) < 4.78 is 5.47. The molecule has 1 unspecified atom stereocenters. The summed E-state index contributed by atoms with van der Waals surface area (Å²) in [6.45, 7) is 4.81. The van der Waals surface area contributed by atoms with Gasteiger partial charge in [-0.05, 0) is 50.4 Å². The molecule has 1 aromatic carbocycles. The lowest BCUT2D eigenvalue weighted by atomic mass is 9.95. The number of carbonyl (C=O) groups excluding carboxylic acids is 1. The normalized spacial score (nSPS) is 23.4. The van der Waals surface area contributed by atoms with E-state index >= 15 is 0 Å². The van der Waals surface area contributed by atoms with E-state index in [4.69, 9.17) is 4.74 Å². The number of benzene rings is 1. The molecule has 0 bridgehead atoms. The van der Waals surface area contributed by atoms with E-state index in [0.29, 0.717) is 12.0 Å². The largest absolute Gasteiger partial charge is 0.380 e. The molecule has 1 atom stereocenters. The molecular formula is C17H25N3O2. The molecule has 2 amide bonds. The van der Waals surface area contributed by atoms with Gasteiger partial charge in [0.25, 0.3) is 0 Å². The van der Waals surface area contributed by atoms with E-state index in [1.165, 1.54) is 6.42 Å². The maximum atomic E-state index is 11.9.